The van der Waals surface area contributed by atoms with Gasteiger partial charge in [0.1, 0.15) is 0 Å². The van der Waals surface area contributed by atoms with Crippen molar-refractivity contribution in [2.45, 2.75) is 19.4 Å². The van der Waals surface area contributed by atoms with E-state index in [0.717, 1.165) is 18.7 Å². The lowest BCUT2D eigenvalue weighted by Crippen LogP contribution is -2.31. The van der Waals surface area contributed by atoms with Gasteiger partial charge in [-0.1, -0.05) is 23.9 Å². The van der Waals surface area contributed by atoms with Crippen LogP contribution in [0, 0.1) is 0 Å². The highest BCUT2D eigenvalue weighted by atomic mass is 32.2. The zero-order valence-corrected chi connectivity index (χ0v) is 7.49. The minimum atomic E-state index is 0.108. The summed E-state index contributed by atoms with van der Waals surface area (Å²) in [5.41, 5.74) is 0. The molecule has 1 fully saturated rings. The summed E-state index contributed by atoms with van der Waals surface area (Å²) in [7, 11) is 0. The van der Waals surface area contributed by atoms with Crippen LogP contribution in [0.1, 0.15) is 13.3 Å². The van der Waals surface area contributed by atoms with Crippen molar-refractivity contribution in [1.82, 2.24) is 5.32 Å². The van der Waals surface area contributed by atoms with Gasteiger partial charge in [0.15, 0.2) is 0 Å². The highest BCUT2D eigenvalue weighted by Crippen LogP contribution is 2.18. The van der Waals surface area contributed by atoms with Gasteiger partial charge < -0.3 is 5.32 Å². The highest BCUT2D eigenvalue weighted by Gasteiger charge is 2.23. The van der Waals surface area contributed by atoms with Crippen LogP contribution in [-0.4, -0.2) is 23.5 Å². The van der Waals surface area contributed by atoms with E-state index < -0.39 is 0 Å². The number of allylic oxidation sites excluding steroid dienone is 1. The first-order valence-electron chi connectivity index (χ1n) is 3.86. The van der Waals surface area contributed by atoms with Gasteiger partial charge in [0, 0.05) is 12.3 Å². The van der Waals surface area contributed by atoms with E-state index in [9.17, 15) is 4.79 Å². The molecule has 1 rings (SSSR count). The highest BCUT2D eigenvalue weighted by molar-refractivity contribution is 8.14. The molecule has 1 unspecified atom stereocenters. The number of nitrogens with one attached hydrogen (secondary N) is 1. The summed E-state index contributed by atoms with van der Waals surface area (Å²) < 4.78 is 0. The molecule has 1 aliphatic rings. The van der Waals surface area contributed by atoms with Crippen molar-refractivity contribution in [1.29, 1.82) is 0 Å². The Labute approximate surface area is 71.4 Å². The van der Waals surface area contributed by atoms with Crippen molar-refractivity contribution in [3.8, 4) is 0 Å². The number of carbonyl (C=O) groups is 1. The van der Waals surface area contributed by atoms with E-state index >= 15 is 0 Å². The first kappa shape index (κ1) is 8.81. The molecule has 0 aromatic carbocycles. The molecule has 3 heteroatoms. The van der Waals surface area contributed by atoms with Crippen molar-refractivity contribution in [3.63, 3.8) is 0 Å². The molecule has 1 N–H and O–H groups in total. The van der Waals surface area contributed by atoms with Crippen LogP contribution in [0.4, 0.5) is 0 Å². The SMILES string of the molecule is C/C=C/CNC1CCSC1=O. The average molecular weight is 171 g/mol. The maximum Gasteiger partial charge on any atom is 0.205 e. The van der Waals surface area contributed by atoms with Gasteiger partial charge in [0.05, 0.1) is 6.04 Å². The average Bonchev–Trinajstić information content (AvgIpc) is 2.37. The molecule has 0 radical (unpaired) electrons. The van der Waals surface area contributed by atoms with Crippen LogP contribution < -0.4 is 5.32 Å². The van der Waals surface area contributed by atoms with E-state index in [2.05, 4.69) is 5.32 Å². The quantitative estimate of drug-likeness (QED) is 0.647. The standard InChI is InChI=1S/C8H13NOS/c1-2-3-5-9-7-4-6-11-8(7)10/h2-3,7,9H,4-6H2,1H3/b3-2+. The predicted octanol–water partition coefficient (Wildman–Crippen LogP) is 1.18. The van der Waals surface area contributed by atoms with Gasteiger partial charge in [-0.2, -0.15) is 0 Å². The van der Waals surface area contributed by atoms with E-state index in [1.54, 1.807) is 0 Å². The largest absolute Gasteiger partial charge is 0.303 e. The molecule has 1 heterocycles. The lowest BCUT2D eigenvalue weighted by atomic mass is 10.2. The minimum absolute atomic E-state index is 0.108. The molecule has 0 amide bonds. The Morgan fingerprint density at radius 2 is 2.64 bits per heavy atom. The maximum absolute atomic E-state index is 11.0. The van der Waals surface area contributed by atoms with E-state index in [1.807, 2.05) is 19.1 Å². The van der Waals surface area contributed by atoms with Gasteiger partial charge in [-0.05, 0) is 13.3 Å². The molecule has 0 saturated carbocycles. The molecule has 1 saturated heterocycles. The fraction of sp³-hybridized carbons (Fsp3) is 0.625. The topological polar surface area (TPSA) is 29.1 Å². The van der Waals surface area contributed by atoms with Crippen LogP contribution in [0.2, 0.25) is 0 Å². The van der Waals surface area contributed by atoms with Crippen LogP contribution in [0.3, 0.4) is 0 Å². The Morgan fingerprint density at radius 1 is 1.82 bits per heavy atom. The number of rotatable bonds is 3. The Balaban J connectivity index is 2.20. The third-order valence-electron chi connectivity index (χ3n) is 1.65. The molecule has 62 valence electrons. The zero-order valence-electron chi connectivity index (χ0n) is 6.67. The number of hydrogen-bond donors (Lipinski definition) is 1. The van der Waals surface area contributed by atoms with Gasteiger partial charge in [-0.25, -0.2) is 0 Å². The third-order valence-corrected chi connectivity index (χ3v) is 2.66. The number of thioether (sulfide) groups is 1. The molecule has 1 atom stereocenters. The molecule has 0 bridgehead atoms. The van der Waals surface area contributed by atoms with Crippen LogP contribution >= 0.6 is 11.8 Å². The molecule has 1 aliphatic heterocycles. The van der Waals surface area contributed by atoms with Crippen molar-refractivity contribution < 1.29 is 4.79 Å². The lowest BCUT2D eigenvalue weighted by molar-refractivity contribution is -0.112. The maximum atomic E-state index is 11.0. The van der Waals surface area contributed by atoms with E-state index in [4.69, 9.17) is 0 Å². The van der Waals surface area contributed by atoms with Crippen molar-refractivity contribution in [3.05, 3.63) is 12.2 Å². The first-order chi connectivity index (χ1) is 5.34. The van der Waals surface area contributed by atoms with Crippen molar-refractivity contribution >= 4 is 16.9 Å². The summed E-state index contributed by atoms with van der Waals surface area (Å²) in [6, 6.07) is 0.108. The summed E-state index contributed by atoms with van der Waals surface area (Å²) in [5, 5.41) is 3.48. The first-order valence-corrected chi connectivity index (χ1v) is 4.84. The van der Waals surface area contributed by atoms with Gasteiger partial charge >= 0.3 is 0 Å². The Bertz CT molecular complexity index is 167. The monoisotopic (exact) mass is 171 g/mol. The van der Waals surface area contributed by atoms with Crippen molar-refractivity contribution in [2.24, 2.45) is 0 Å². The van der Waals surface area contributed by atoms with E-state index in [1.165, 1.54) is 11.8 Å². The van der Waals surface area contributed by atoms with Gasteiger partial charge in [0.25, 0.3) is 0 Å². The zero-order chi connectivity index (χ0) is 8.10. The normalized spacial score (nSPS) is 25.2. The van der Waals surface area contributed by atoms with E-state index in [0.29, 0.717) is 5.12 Å². The fourth-order valence-corrected chi connectivity index (χ4v) is 1.97. The second kappa shape index (κ2) is 4.57. The predicted molar refractivity (Wildman–Crippen MR) is 48.7 cm³/mol. The summed E-state index contributed by atoms with van der Waals surface area (Å²) in [4.78, 5) is 11.0. The van der Waals surface area contributed by atoms with Gasteiger partial charge in [-0.3, -0.25) is 4.79 Å². The van der Waals surface area contributed by atoms with Crippen molar-refractivity contribution in [2.75, 3.05) is 12.3 Å². The third kappa shape index (κ3) is 2.67. The second-order valence-electron chi connectivity index (χ2n) is 2.49. The van der Waals surface area contributed by atoms with Crippen LogP contribution in [0.25, 0.3) is 0 Å². The fourth-order valence-electron chi connectivity index (χ4n) is 1.01. The second-order valence-corrected chi connectivity index (χ2v) is 3.59. The summed E-state index contributed by atoms with van der Waals surface area (Å²) in [5.74, 6) is 0.979. The molecule has 0 aliphatic carbocycles. The minimum Gasteiger partial charge on any atom is -0.303 e. The molecule has 11 heavy (non-hydrogen) atoms. The molecule has 0 spiro atoms. The number of carbonyl (C=O) groups excluding carboxylic acids is 1. The van der Waals surface area contributed by atoms with E-state index in [-0.39, 0.29) is 6.04 Å². The summed E-state index contributed by atoms with van der Waals surface area (Å²) in [6.45, 7) is 2.79. The van der Waals surface area contributed by atoms with Gasteiger partial charge in [-0.15, -0.1) is 0 Å². The molecule has 0 aromatic rings. The Morgan fingerprint density at radius 3 is 3.18 bits per heavy atom. The molecular formula is C8H13NOS. The van der Waals surface area contributed by atoms with Crippen LogP contribution in [0.15, 0.2) is 12.2 Å². The van der Waals surface area contributed by atoms with Gasteiger partial charge in [0.2, 0.25) is 5.12 Å². The Hall–Kier alpha value is -0.280. The molecular weight excluding hydrogens is 158 g/mol. The number of hydrogen-bond acceptors (Lipinski definition) is 3. The summed E-state index contributed by atoms with van der Waals surface area (Å²) in [6.07, 6.45) is 5.00. The lowest BCUT2D eigenvalue weighted by Gasteiger charge is -2.05. The van der Waals surface area contributed by atoms with Crippen LogP contribution in [-0.2, 0) is 4.79 Å². The summed E-state index contributed by atoms with van der Waals surface area (Å²) >= 11 is 1.44. The van der Waals surface area contributed by atoms with Crippen LogP contribution in [0.5, 0.6) is 0 Å². The molecule has 2 nitrogen and oxygen atoms in total. The molecule has 0 aromatic heterocycles. The smallest absolute Gasteiger partial charge is 0.205 e. The Kier molecular flexibility index (Phi) is 3.66.